The smallest absolute Gasteiger partial charge is 0.0465 e. The van der Waals surface area contributed by atoms with E-state index in [0.29, 0.717) is 12.1 Å². The molecule has 1 aromatic heterocycles. The van der Waals surface area contributed by atoms with Crippen molar-refractivity contribution in [3.05, 3.63) is 59.3 Å². The monoisotopic (exact) mass is 401 g/mol. The zero-order valence-electron chi connectivity index (χ0n) is 18.7. The number of hydrogen-bond donors (Lipinski definition) is 2. The fourth-order valence-electron chi connectivity index (χ4n) is 5.81. The topological polar surface area (TPSA) is 31.1 Å². The van der Waals surface area contributed by atoms with Crippen LogP contribution in [0.4, 0.5) is 0 Å². The van der Waals surface area contributed by atoms with E-state index in [-0.39, 0.29) is 0 Å². The average molecular weight is 402 g/mol. The van der Waals surface area contributed by atoms with Gasteiger partial charge in [0.2, 0.25) is 0 Å². The third-order valence-corrected chi connectivity index (χ3v) is 7.54. The van der Waals surface area contributed by atoms with Crippen LogP contribution in [0.15, 0.2) is 42.5 Å². The fourth-order valence-corrected chi connectivity index (χ4v) is 5.81. The van der Waals surface area contributed by atoms with E-state index in [1.54, 1.807) is 5.56 Å². The van der Waals surface area contributed by atoms with Crippen LogP contribution in [0.25, 0.3) is 22.0 Å². The van der Waals surface area contributed by atoms with E-state index in [9.17, 15) is 0 Å². The Bertz CT molecular complexity index is 1020. The molecule has 2 aliphatic rings. The van der Waals surface area contributed by atoms with Crippen molar-refractivity contribution >= 4 is 10.9 Å². The van der Waals surface area contributed by atoms with Crippen LogP contribution in [0.3, 0.4) is 0 Å². The summed E-state index contributed by atoms with van der Waals surface area (Å²) >= 11 is 0. The van der Waals surface area contributed by atoms with Crippen molar-refractivity contribution in [2.45, 2.75) is 70.0 Å². The second-order valence-electron chi connectivity index (χ2n) is 9.70. The Morgan fingerprint density at radius 3 is 2.40 bits per heavy atom. The first-order chi connectivity index (χ1) is 14.6. The molecule has 0 aliphatic heterocycles. The van der Waals surface area contributed by atoms with E-state index in [4.69, 9.17) is 0 Å². The molecule has 1 atom stereocenters. The number of fused-ring (bicyclic) bond motifs is 3. The molecule has 30 heavy (non-hydrogen) atoms. The van der Waals surface area contributed by atoms with Gasteiger partial charge in [-0.1, -0.05) is 36.4 Å². The minimum absolute atomic E-state index is 0.599. The predicted molar refractivity (Wildman–Crippen MR) is 127 cm³/mol. The molecule has 1 unspecified atom stereocenters. The highest BCUT2D eigenvalue weighted by Gasteiger charge is 2.28. The van der Waals surface area contributed by atoms with Crippen molar-refractivity contribution in [1.82, 2.24) is 15.2 Å². The summed E-state index contributed by atoms with van der Waals surface area (Å²) in [4.78, 5) is 6.16. The number of aromatic nitrogens is 1. The van der Waals surface area contributed by atoms with Gasteiger partial charge in [0.1, 0.15) is 0 Å². The molecule has 1 fully saturated rings. The Morgan fingerprint density at radius 1 is 0.867 bits per heavy atom. The number of rotatable bonds is 4. The molecular formula is C27H35N3. The third kappa shape index (κ3) is 3.70. The van der Waals surface area contributed by atoms with Gasteiger partial charge in [0.25, 0.3) is 0 Å². The molecule has 3 nitrogen and oxygen atoms in total. The maximum absolute atomic E-state index is 4.05. The van der Waals surface area contributed by atoms with Gasteiger partial charge in [0.15, 0.2) is 0 Å². The summed E-state index contributed by atoms with van der Waals surface area (Å²) in [5, 5.41) is 5.50. The second-order valence-corrected chi connectivity index (χ2v) is 9.70. The van der Waals surface area contributed by atoms with E-state index in [1.165, 1.54) is 65.4 Å². The maximum atomic E-state index is 4.05. The van der Waals surface area contributed by atoms with Gasteiger partial charge in [0.05, 0.1) is 0 Å². The molecule has 0 saturated heterocycles. The molecule has 0 amide bonds. The molecule has 3 aromatic rings. The SMILES string of the molecule is Cc1ccccc1-c1cccc2[nH]c3c(c12)CC(NC1CCC(N(C)C)CC1)CC3. The van der Waals surface area contributed by atoms with Crippen LogP contribution in [0.5, 0.6) is 0 Å². The van der Waals surface area contributed by atoms with Gasteiger partial charge in [0, 0.05) is 34.7 Å². The quantitative estimate of drug-likeness (QED) is 0.608. The van der Waals surface area contributed by atoms with Gasteiger partial charge in [-0.15, -0.1) is 0 Å². The standard InChI is InChI=1S/C27H35N3/c1-18-7-4-5-8-22(18)23-9-6-10-26-27(23)24-17-20(13-16-25(24)29-26)28-19-11-14-21(15-12-19)30(2)3/h4-10,19-21,28-29H,11-17H2,1-3H3. The van der Waals surface area contributed by atoms with Gasteiger partial charge in [-0.05, 0) is 94.3 Å². The molecule has 2 N–H and O–H groups in total. The summed E-state index contributed by atoms with van der Waals surface area (Å²) in [6, 6.07) is 17.6. The van der Waals surface area contributed by atoms with Crippen molar-refractivity contribution in [3.8, 4) is 11.1 Å². The van der Waals surface area contributed by atoms with E-state index >= 15 is 0 Å². The van der Waals surface area contributed by atoms with Gasteiger partial charge in [-0.25, -0.2) is 0 Å². The predicted octanol–water partition coefficient (Wildman–Crippen LogP) is 5.46. The average Bonchev–Trinajstić information content (AvgIpc) is 3.13. The molecule has 2 aromatic carbocycles. The molecule has 3 heteroatoms. The number of benzene rings is 2. The Balaban J connectivity index is 1.40. The number of aryl methyl sites for hydroxylation is 2. The van der Waals surface area contributed by atoms with Gasteiger partial charge < -0.3 is 15.2 Å². The van der Waals surface area contributed by atoms with Crippen molar-refractivity contribution in [2.24, 2.45) is 0 Å². The summed E-state index contributed by atoms with van der Waals surface area (Å²) < 4.78 is 0. The number of aromatic amines is 1. The summed E-state index contributed by atoms with van der Waals surface area (Å²) in [7, 11) is 4.45. The first-order valence-electron chi connectivity index (χ1n) is 11.7. The lowest BCUT2D eigenvalue weighted by Crippen LogP contribution is -2.45. The number of nitrogens with one attached hydrogen (secondary N) is 2. The molecule has 158 valence electrons. The van der Waals surface area contributed by atoms with Gasteiger partial charge in [-0.3, -0.25) is 0 Å². The van der Waals surface area contributed by atoms with Crippen LogP contribution in [0.1, 0.15) is 48.9 Å². The molecule has 0 spiro atoms. The summed E-state index contributed by atoms with van der Waals surface area (Å²) in [6.45, 7) is 2.22. The van der Waals surface area contributed by atoms with Crippen LogP contribution in [-0.4, -0.2) is 42.1 Å². The lowest BCUT2D eigenvalue weighted by atomic mass is 9.86. The zero-order valence-corrected chi connectivity index (χ0v) is 18.7. The van der Waals surface area contributed by atoms with Crippen molar-refractivity contribution in [2.75, 3.05) is 14.1 Å². The van der Waals surface area contributed by atoms with Gasteiger partial charge >= 0.3 is 0 Å². The van der Waals surface area contributed by atoms with Crippen molar-refractivity contribution < 1.29 is 0 Å². The minimum atomic E-state index is 0.599. The highest BCUT2D eigenvalue weighted by atomic mass is 15.1. The molecule has 0 bridgehead atoms. The summed E-state index contributed by atoms with van der Waals surface area (Å²) in [5.41, 5.74) is 8.41. The van der Waals surface area contributed by atoms with E-state index in [2.05, 4.69) is 78.7 Å². The Kier molecular flexibility index (Phi) is 5.43. The maximum Gasteiger partial charge on any atom is 0.0465 e. The van der Waals surface area contributed by atoms with Crippen LogP contribution >= 0.6 is 0 Å². The largest absolute Gasteiger partial charge is 0.358 e. The Labute approximate surface area is 180 Å². The highest BCUT2D eigenvalue weighted by molar-refractivity contribution is 5.99. The molecule has 0 radical (unpaired) electrons. The summed E-state index contributed by atoms with van der Waals surface area (Å²) in [6.07, 6.45) is 8.82. The molecular weight excluding hydrogens is 366 g/mol. The Hall–Kier alpha value is -2.10. The fraction of sp³-hybridized carbons (Fsp3) is 0.481. The van der Waals surface area contributed by atoms with Crippen LogP contribution in [0.2, 0.25) is 0 Å². The van der Waals surface area contributed by atoms with Gasteiger partial charge in [-0.2, -0.15) is 0 Å². The number of H-pyrrole nitrogens is 1. The van der Waals surface area contributed by atoms with Crippen molar-refractivity contribution in [1.29, 1.82) is 0 Å². The molecule has 5 rings (SSSR count). The lowest BCUT2D eigenvalue weighted by Gasteiger charge is -2.36. The first kappa shape index (κ1) is 19.8. The van der Waals surface area contributed by atoms with E-state index in [1.807, 2.05) is 0 Å². The van der Waals surface area contributed by atoms with Crippen molar-refractivity contribution in [3.63, 3.8) is 0 Å². The Morgan fingerprint density at radius 2 is 1.63 bits per heavy atom. The third-order valence-electron chi connectivity index (χ3n) is 7.54. The lowest BCUT2D eigenvalue weighted by molar-refractivity contribution is 0.196. The normalized spacial score (nSPS) is 24.3. The molecule has 2 aliphatic carbocycles. The van der Waals surface area contributed by atoms with E-state index in [0.717, 1.165) is 18.9 Å². The highest BCUT2D eigenvalue weighted by Crippen LogP contribution is 2.37. The van der Waals surface area contributed by atoms with E-state index < -0.39 is 0 Å². The number of nitrogens with zero attached hydrogens (tertiary/aromatic N) is 1. The molecule has 1 heterocycles. The van der Waals surface area contributed by atoms with Crippen LogP contribution in [0, 0.1) is 6.92 Å². The first-order valence-corrected chi connectivity index (χ1v) is 11.7. The number of hydrogen-bond acceptors (Lipinski definition) is 2. The summed E-state index contributed by atoms with van der Waals surface area (Å²) in [5.74, 6) is 0. The second kappa shape index (κ2) is 8.20. The molecule has 1 saturated carbocycles. The zero-order chi connectivity index (χ0) is 20.7. The van der Waals surface area contributed by atoms with Crippen LogP contribution in [-0.2, 0) is 12.8 Å². The van der Waals surface area contributed by atoms with Crippen LogP contribution < -0.4 is 5.32 Å². The minimum Gasteiger partial charge on any atom is -0.358 e.